The van der Waals surface area contributed by atoms with Crippen molar-refractivity contribution in [3.05, 3.63) is 35.6 Å². The van der Waals surface area contributed by atoms with Crippen molar-refractivity contribution in [2.24, 2.45) is 10.7 Å². The van der Waals surface area contributed by atoms with Crippen LogP contribution >= 0.6 is 0 Å². The molecule has 1 aliphatic heterocycles. The average molecular weight is 232 g/mol. The van der Waals surface area contributed by atoms with Crippen molar-refractivity contribution in [2.75, 3.05) is 6.54 Å². The van der Waals surface area contributed by atoms with Gasteiger partial charge in [-0.15, -0.1) is 0 Å². The normalized spacial score (nSPS) is 21.9. The van der Waals surface area contributed by atoms with Crippen molar-refractivity contribution >= 4 is 18.2 Å². The van der Waals surface area contributed by atoms with E-state index in [9.17, 15) is 9.59 Å². The first kappa shape index (κ1) is 11.3. The number of rotatable bonds is 2. The highest BCUT2D eigenvalue weighted by Gasteiger charge is 2.21. The van der Waals surface area contributed by atoms with Gasteiger partial charge in [0.15, 0.2) is 0 Å². The Hall–Kier alpha value is -2.21. The number of nitrogens with zero attached hydrogens (tertiary/aromatic N) is 1. The first-order valence-electron chi connectivity index (χ1n) is 5.13. The Kier molecular flexibility index (Phi) is 3.15. The van der Waals surface area contributed by atoms with Gasteiger partial charge in [-0.2, -0.15) is 0 Å². The van der Waals surface area contributed by atoms with Gasteiger partial charge in [0.05, 0.1) is 12.9 Å². The van der Waals surface area contributed by atoms with Gasteiger partial charge in [0.2, 0.25) is 5.91 Å². The highest BCUT2D eigenvalue weighted by atomic mass is 16.2. The molecule has 4 N–H and O–H groups in total. The van der Waals surface area contributed by atoms with Gasteiger partial charge in [-0.05, 0) is 18.2 Å². The molecule has 0 bridgehead atoms. The van der Waals surface area contributed by atoms with E-state index in [0.717, 1.165) is 0 Å². The zero-order valence-electron chi connectivity index (χ0n) is 9.01. The first-order valence-corrected chi connectivity index (χ1v) is 5.13. The summed E-state index contributed by atoms with van der Waals surface area (Å²) in [6, 6.07) is -0.299. The maximum Gasteiger partial charge on any atom is 0.254 e. The molecule has 0 saturated heterocycles. The van der Waals surface area contributed by atoms with Crippen molar-refractivity contribution < 1.29 is 9.59 Å². The Balaban J connectivity index is 2.22. The molecule has 1 aliphatic carbocycles. The molecule has 0 aromatic carbocycles. The third kappa shape index (κ3) is 2.48. The van der Waals surface area contributed by atoms with Gasteiger partial charge in [0.1, 0.15) is 6.04 Å². The SMILES string of the molecule is NCC(=O)NC1=CC=C2C(=O)NC=NC2C=C1. The minimum absolute atomic E-state index is 0.0795. The van der Waals surface area contributed by atoms with Crippen LogP contribution in [-0.2, 0) is 9.59 Å². The molecule has 0 aromatic rings. The summed E-state index contributed by atoms with van der Waals surface area (Å²) in [5.41, 5.74) is 6.33. The highest BCUT2D eigenvalue weighted by molar-refractivity contribution is 6.03. The number of amides is 2. The van der Waals surface area contributed by atoms with Crippen LogP contribution in [0.2, 0.25) is 0 Å². The molecule has 88 valence electrons. The predicted octanol–water partition coefficient (Wildman–Crippen LogP) is -1.03. The molecule has 1 heterocycles. The lowest BCUT2D eigenvalue weighted by molar-refractivity contribution is -0.119. The van der Waals surface area contributed by atoms with E-state index in [4.69, 9.17) is 5.73 Å². The molecule has 1 atom stereocenters. The second kappa shape index (κ2) is 4.75. The monoisotopic (exact) mass is 232 g/mol. The molecule has 17 heavy (non-hydrogen) atoms. The van der Waals surface area contributed by atoms with E-state index in [1.165, 1.54) is 6.34 Å². The quantitative estimate of drug-likeness (QED) is 0.567. The smallest absolute Gasteiger partial charge is 0.254 e. The van der Waals surface area contributed by atoms with Crippen LogP contribution in [0.3, 0.4) is 0 Å². The summed E-state index contributed by atoms with van der Waals surface area (Å²) in [6.45, 7) is -0.0795. The van der Waals surface area contributed by atoms with Crippen LogP contribution in [0.1, 0.15) is 0 Å². The van der Waals surface area contributed by atoms with Gasteiger partial charge in [-0.3, -0.25) is 14.6 Å². The highest BCUT2D eigenvalue weighted by Crippen LogP contribution is 2.16. The number of carbonyl (C=O) groups is 2. The van der Waals surface area contributed by atoms with Crippen LogP contribution in [0.5, 0.6) is 0 Å². The molecule has 2 rings (SSSR count). The van der Waals surface area contributed by atoms with Crippen LogP contribution in [0.25, 0.3) is 0 Å². The van der Waals surface area contributed by atoms with Gasteiger partial charge in [-0.1, -0.05) is 6.08 Å². The summed E-state index contributed by atoms with van der Waals surface area (Å²) < 4.78 is 0. The topological polar surface area (TPSA) is 96.6 Å². The zero-order valence-corrected chi connectivity index (χ0v) is 9.01. The van der Waals surface area contributed by atoms with Gasteiger partial charge in [0, 0.05) is 11.3 Å². The summed E-state index contributed by atoms with van der Waals surface area (Å²) in [5.74, 6) is -0.463. The van der Waals surface area contributed by atoms with Gasteiger partial charge < -0.3 is 16.4 Å². The van der Waals surface area contributed by atoms with E-state index in [-0.39, 0.29) is 24.4 Å². The van der Waals surface area contributed by atoms with Crippen molar-refractivity contribution in [3.63, 3.8) is 0 Å². The molecule has 1 unspecified atom stereocenters. The van der Waals surface area contributed by atoms with E-state index in [1.807, 2.05) is 0 Å². The van der Waals surface area contributed by atoms with E-state index in [1.54, 1.807) is 24.3 Å². The van der Waals surface area contributed by atoms with Gasteiger partial charge in [-0.25, -0.2) is 0 Å². The molecule has 2 amide bonds. The number of aliphatic imine (C=N–C) groups is 1. The third-order valence-electron chi connectivity index (χ3n) is 2.38. The van der Waals surface area contributed by atoms with Crippen LogP contribution in [-0.4, -0.2) is 30.7 Å². The molecule has 0 spiro atoms. The van der Waals surface area contributed by atoms with Crippen LogP contribution in [0.15, 0.2) is 40.6 Å². The van der Waals surface area contributed by atoms with Crippen molar-refractivity contribution in [3.8, 4) is 0 Å². The molecule has 2 aliphatic rings. The number of fused-ring (bicyclic) bond motifs is 1. The minimum atomic E-state index is -0.299. The van der Waals surface area contributed by atoms with E-state index in [2.05, 4.69) is 15.6 Å². The number of hydrogen-bond donors (Lipinski definition) is 3. The molecule has 0 aromatic heterocycles. The second-order valence-electron chi connectivity index (χ2n) is 3.55. The summed E-state index contributed by atoms with van der Waals surface area (Å²) >= 11 is 0. The number of nitrogens with two attached hydrogens (primary N) is 1. The number of carbonyl (C=O) groups excluding carboxylic acids is 2. The maximum atomic E-state index is 11.5. The molecule has 0 fully saturated rings. The largest absolute Gasteiger partial charge is 0.325 e. The molecular weight excluding hydrogens is 220 g/mol. The lowest BCUT2D eigenvalue weighted by Crippen LogP contribution is -2.33. The Labute approximate surface area is 98.0 Å². The fourth-order valence-corrected chi connectivity index (χ4v) is 1.53. The summed E-state index contributed by atoms with van der Waals surface area (Å²) in [6.07, 6.45) is 8.12. The standard InChI is InChI=1S/C11H12N4O2/c12-5-10(16)15-7-1-3-8-9(4-2-7)13-6-14-11(8)17/h1-4,6,9H,5,12H2,(H,15,16)(H,13,14,17). The second-order valence-corrected chi connectivity index (χ2v) is 3.55. The van der Waals surface area contributed by atoms with Crippen LogP contribution in [0.4, 0.5) is 0 Å². The lowest BCUT2D eigenvalue weighted by atomic mass is 10.1. The third-order valence-corrected chi connectivity index (χ3v) is 2.38. The van der Waals surface area contributed by atoms with E-state index in [0.29, 0.717) is 11.3 Å². The number of hydrogen-bond acceptors (Lipinski definition) is 4. The lowest BCUT2D eigenvalue weighted by Gasteiger charge is -2.14. The first-order chi connectivity index (χ1) is 8.20. The molecule has 0 radical (unpaired) electrons. The predicted molar refractivity (Wildman–Crippen MR) is 62.9 cm³/mol. The molecular formula is C11H12N4O2. The van der Waals surface area contributed by atoms with Gasteiger partial charge in [0.25, 0.3) is 5.91 Å². The zero-order chi connectivity index (χ0) is 12.3. The minimum Gasteiger partial charge on any atom is -0.325 e. The summed E-state index contributed by atoms with van der Waals surface area (Å²) in [4.78, 5) is 26.8. The van der Waals surface area contributed by atoms with Crippen LogP contribution in [0, 0.1) is 0 Å². The molecule has 6 heteroatoms. The van der Waals surface area contributed by atoms with E-state index < -0.39 is 0 Å². The summed E-state index contributed by atoms with van der Waals surface area (Å²) in [5, 5.41) is 5.12. The summed E-state index contributed by atoms with van der Waals surface area (Å²) in [7, 11) is 0. The molecule has 6 nitrogen and oxygen atoms in total. The fraction of sp³-hybridized carbons (Fsp3) is 0.182. The number of allylic oxidation sites excluding steroid dienone is 3. The Morgan fingerprint density at radius 3 is 3.12 bits per heavy atom. The van der Waals surface area contributed by atoms with Gasteiger partial charge >= 0.3 is 0 Å². The average Bonchev–Trinajstić information content (AvgIpc) is 2.53. The van der Waals surface area contributed by atoms with E-state index >= 15 is 0 Å². The van der Waals surface area contributed by atoms with Crippen molar-refractivity contribution in [1.29, 1.82) is 0 Å². The molecule has 0 saturated carbocycles. The van der Waals surface area contributed by atoms with Crippen LogP contribution < -0.4 is 16.4 Å². The van der Waals surface area contributed by atoms with Crippen molar-refractivity contribution in [1.82, 2.24) is 10.6 Å². The Morgan fingerprint density at radius 2 is 2.35 bits per heavy atom. The van der Waals surface area contributed by atoms with Crippen molar-refractivity contribution in [2.45, 2.75) is 6.04 Å². The Morgan fingerprint density at radius 1 is 1.53 bits per heavy atom. The Bertz CT molecular complexity index is 474. The number of nitrogens with one attached hydrogen (secondary N) is 2. The fourth-order valence-electron chi connectivity index (χ4n) is 1.53. The maximum absolute atomic E-state index is 11.5.